The fraction of sp³-hybridized carbons (Fsp3) is 0.261. The van der Waals surface area contributed by atoms with Crippen molar-refractivity contribution in [1.82, 2.24) is 15.2 Å². The molecule has 0 N–H and O–H groups in total. The lowest BCUT2D eigenvalue weighted by atomic mass is 10.1. The number of benzene rings is 2. The molecular formula is C23H21BrN4O5S. The zero-order chi connectivity index (χ0) is 24.4. The number of methoxy groups -OCH3 is 1. The van der Waals surface area contributed by atoms with Gasteiger partial charge in [0.1, 0.15) is 0 Å². The molecule has 0 fully saturated rings. The molecule has 9 nitrogen and oxygen atoms in total. The molecule has 176 valence electrons. The topological polar surface area (TPSA) is 104 Å². The molecule has 1 amide bonds. The van der Waals surface area contributed by atoms with Crippen LogP contribution in [0, 0.1) is 0 Å². The summed E-state index contributed by atoms with van der Waals surface area (Å²) in [6.07, 6.45) is -0.910. The molecule has 3 aromatic rings. The van der Waals surface area contributed by atoms with Crippen molar-refractivity contribution in [2.75, 3.05) is 17.8 Å². The van der Waals surface area contributed by atoms with E-state index in [4.69, 9.17) is 14.2 Å². The molecule has 1 aromatic heterocycles. The quantitative estimate of drug-likeness (QED) is 0.254. The number of para-hydroxylation sites is 1. The molecular weight excluding hydrogens is 524 g/mol. The summed E-state index contributed by atoms with van der Waals surface area (Å²) in [5, 5.41) is 9.05. The minimum atomic E-state index is -0.910. The first kappa shape index (κ1) is 24.0. The van der Waals surface area contributed by atoms with Gasteiger partial charge in [0.2, 0.25) is 23.2 Å². The molecule has 4 rings (SSSR count). The zero-order valence-corrected chi connectivity index (χ0v) is 21.3. The van der Waals surface area contributed by atoms with Gasteiger partial charge >= 0.3 is 5.97 Å². The van der Waals surface area contributed by atoms with Gasteiger partial charge in [0.05, 0.1) is 17.3 Å². The number of esters is 1. The highest BCUT2D eigenvalue weighted by Crippen LogP contribution is 2.46. The lowest BCUT2D eigenvalue weighted by Crippen LogP contribution is -2.36. The summed E-state index contributed by atoms with van der Waals surface area (Å²) in [5.74, 6) is 0.809. The van der Waals surface area contributed by atoms with Crippen molar-refractivity contribution < 1.29 is 23.8 Å². The average molecular weight is 545 g/mol. The molecule has 11 heteroatoms. The van der Waals surface area contributed by atoms with Crippen LogP contribution in [0.5, 0.6) is 17.4 Å². The monoisotopic (exact) mass is 544 g/mol. The first-order valence-corrected chi connectivity index (χ1v) is 12.1. The first-order valence-electron chi connectivity index (χ1n) is 10.3. The molecule has 2 heterocycles. The third kappa shape index (κ3) is 4.58. The van der Waals surface area contributed by atoms with Crippen LogP contribution in [0.1, 0.15) is 32.6 Å². The minimum absolute atomic E-state index is 0.230. The van der Waals surface area contributed by atoms with Gasteiger partial charge in [0.25, 0.3) is 0 Å². The summed E-state index contributed by atoms with van der Waals surface area (Å²) in [5.41, 5.74) is 2.28. The van der Waals surface area contributed by atoms with Crippen molar-refractivity contribution in [3.05, 3.63) is 46.4 Å². The van der Waals surface area contributed by atoms with Crippen LogP contribution in [-0.4, -0.2) is 39.9 Å². The molecule has 1 aliphatic heterocycles. The van der Waals surface area contributed by atoms with Gasteiger partial charge in [-0.05, 0) is 39.9 Å². The van der Waals surface area contributed by atoms with E-state index in [2.05, 4.69) is 31.1 Å². The number of hydrogen-bond donors (Lipinski definition) is 0. The largest absolute Gasteiger partial charge is 0.493 e. The number of amides is 1. The Morgan fingerprint density at radius 3 is 2.65 bits per heavy atom. The van der Waals surface area contributed by atoms with Crippen molar-refractivity contribution in [3.8, 4) is 28.6 Å². The Balaban J connectivity index is 1.93. The van der Waals surface area contributed by atoms with E-state index in [1.807, 2.05) is 31.2 Å². The maximum absolute atomic E-state index is 12.9. The van der Waals surface area contributed by atoms with E-state index in [-0.39, 0.29) is 17.5 Å². The van der Waals surface area contributed by atoms with Crippen LogP contribution in [0.2, 0.25) is 0 Å². The van der Waals surface area contributed by atoms with Crippen molar-refractivity contribution in [2.45, 2.75) is 32.2 Å². The second-order valence-corrected chi connectivity index (χ2v) is 9.27. The van der Waals surface area contributed by atoms with Crippen molar-refractivity contribution >= 4 is 45.3 Å². The second kappa shape index (κ2) is 9.98. The molecule has 1 aliphatic rings. The van der Waals surface area contributed by atoms with Gasteiger partial charge in [-0.25, -0.2) is 0 Å². The van der Waals surface area contributed by atoms with Crippen LogP contribution in [0.15, 0.2) is 46.0 Å². The number of rotatable bonds is 5. The lowest BCUT2D eigenvalue weighted by Gasteiger charge is -2.30. The molecule has 0 spiro atoms. The van der Waals surface area contributed by atoms with Crippen molar-refractivity contribution in [3.63, 3.8) is 0 Å². The number of carbonyl (C=O) groups excluding carboxylic acids is 2. The Morgan fingerprint density at radius 1 is 1.21 bits per heavy atom. The van der Waals surface area contributed by atoms with Gasteiger partial charge in [-0.15, -0.1) is 10.2 Å². The molecule has 0 radical (unpaired) electrons. The molecule has 1 atom stereocenters. The standard InChI is InChI=1S/C23H21BrN4O5S/c1-5-34-23-25-21-19(26-27-23)15-8-6-7-9-17(15)28(12(2)29)22(33-21)14-10-16(24)20(32-13(3)30)18(11-14)31-4/h6-11,22H,5H2,1-4H3/t22-/m1/s1. The van der Waals surface area contributed by atoms with Crippen LogP contribution in [0.4, 0.5) is 5.69 Å². The van der Waals surface area contributed by atoms with E-state index in [9.17, 15) is 9.59 Å². The van der Waals surface area contributed by atoms with E-state index < -0.39 is 12.2 Å². The van der Waals surface area contributed by atoms with E-state index in [0.29, 0.717) is 37.9 Å². The molecule has 0 bridgehead atoms. The summed E-state index contributed by atoms with van der Waals surface area (Å²) < 4.78 is 17.6. The summed E-state index contributed by atoms with van der Waals surface area (Å²) in [4.78, 5) is 30.6. The Kier molecular flexibility index (Phi) is 7.03. The van der Waals surface area contributed by atoms with Gasteiger partial charge in [0, 0.05) is 25.0 Å². The highest BCUT2D eigenvalue weighted by Gasteiger charge is 2.35. The number of nitrogens with zero attached hydrogens (tertiary/aromatic N) is 4. The number of carbonyl (C=O) groups is 2. The smallest absolute Gasteiger partial charge is 0.308 e. The third-order valence-electron chi connectivity index (χ3n) is 4.91. The van der Waals surface area contributed by atoms with Gasteiger partial charge in [-0.3, -0.25) is 14.5 Å². The molecule has 0 unspecified atom stereocenters. The van der Waals surface area contributed by atoms with E-state index in [1.165, 1.54) is 37.6 Å². The van der Waals surface area contributed by atoms with Crippen LogP contribution >= 0.6 is 27.7 Å². The summed E-state index contributed by atoms with van der Waals surface area (Å²) in [6, 6.07) is 10.7. The Hall–Kier alpha value is -3.18. The minimum Gasteiger partial charge on any atom is -0.493 e. The SMILES string of the molecule is CCSc1nnc2c(n1)O[C@H](c1cc(Br)c(OC(C)=O)c(OC)c1)N(C(C)=O)c1ccccc1-2. The number of fused-ring (bicyclic) bond motifs is 3. The number of halogens is 1. The molecule has 0 aliphatic carbocycles. The Bertz CT molecular complexity index is 1270. The number of aromatic nitrogens is 3. The van der Waals surface area contributed by atoms with Crippen LogP contribution < -0.4 is 19.1 Å². The van der Waals surface area contributed by atoms with Crippen molar-refractivity contribution in [2.24, 2.45) is 0 Å². The van der Waals surface area contributed by atoms with Gasteiger partial charge < -0.3 is 14.2 Å². The van der Waals surface area contributed by atoms with Gasteiger partial charge in [0.15, 0.2) is 17.2 Å². The van der Waals surface area contributed by atoms with Crippen LogP contribution in [0.25, 0.3) is 11.3 Å². The van der Waals surface area contributed by atoms with Crippen molar-refractivity contribution in [1.29, 1.82) is 0 Å². The number of anilines is 1. The second-order valence-electron chi connectivity index (χ2n) is 7.19. The molecule has 0 saturated carbocycles. The van der Waals surface area contributed by atoms with Gasteiger partial charge in [-0.1, -0.05) is 36.9 Å². The molecule has 34 heavy (non-hydrogen) atoms. The maximum atomic E-state index is 12.9. The summed E-state index contributed by atoms with van der Waals surface area (Å²) in [6.45, 7) is 4.75. The third-order valence-corrected chi connectivity index (χ3v) is 6.22. The molecule has 0 saturated heterocycles. The zero-order valence-electron chi connectivity index (χ0n) is 18.9. The van der Waals surface area contributed by atoms with Gasteiger partial charge in [-0.2, -0.15) is 4.98 Å². The van der Waals surface area contributed by atoms with E-state index in [1.54, 1.807) is 12.1 Å². The summed E-state index contributed by atoms with van der Waals surface area (Å²) in [7, 11) is 1.46. The van der Waals surface area contributed by atoms with Crippen LogP contribution in [-0.2, 0) is 9.59 Å². The number of ether oxygens (including phenoxy) is 3. The predicted molar refractivity (Wildman–Crippen MR) is 130 cm³/mol. The van der Waals surface area contributed by atoms with E-state index in [0.717, 1.165) is 5.75 Å². The van der Waals surface area contributed by atoms with E-state index >= 15 is 0 Å². The average Bonchev–Trinajstić information content (AvgIpc) is 2.94. The fourth-order valence-electron chi connectivity index (χ4n) is 3.58. The highest BCUT2D eigenvalue weighted by atomic mass is 79.9. The maximum Gasteiger partial charge on any atom is 0.308 e. The lowest BCUT2D eigenvalue weighted by molar-refractivity contribution is -0.132. The Labute approximate surface area is 209 Å². The first-order chi connectivity index (χ1) is 16.3. The fourth-order valence-corrected chi connectivity index (χ4v) is 4.63. The summed E-state index contributed by atoms with van der Waals surface area (Å²) >= 11 is 4.88. The Morgan fingerprint density at radius 2 is 1.97 bits per heavy atom. The molecule has 2 aromatic carbocycles. The normalized spacial score (nSPS) is 14.4. The number of hydrogen-bond acceptors (Lipinski definition) is 9. The predicted octanol–water partition coefficient (Wildman–Crippen LogP) is 4.79. The number of thioether (sulfide) groups is 1. The highest BCUT2D eigenvalue weighted by molar-refractivity contribution is 9.10. The van der Waals surface area contributed by atoms with Crippen LogP contribution in [0.3, 0.4) is 0 Å².